The maximum Gasteiger partial charge on any atom is 0.273 e. The molecule has 0 aliphatic carbocycles. The fourth-order valence-corrected chi connectivity index (χ4v) is 3.11. The number of aromatic nitrogens is 1. The second kappa shape index (κ2) is 5.29. The van der Waals surface area contributed by atoms with Crippen molar-refractivity contribution in [1.82, 2.24) is 9.58 Å². The molecule has 1 aromatic heterocycles. The molecule has 1 atom stereocenters. The van der Waals surface area contributed by atoms with Gasteiger partial charge in [0.1, 0.15) is 0 Å². The van der Waals surface area contributed by atoms with Crippen LogP contribution in [0.3, 0.4) is 0 Å². The maximum absolute atomic E-state index is 12.5. The third kappa shape index (κ3) is 2.20. The summed E-state index contributed by atoms with van der Waals surface area (Å²) in [5.41, 5.74) is 1.50. The summed E-state index contributed by atoms with van der Waals surface area (Å²) in [6, 6.07) is 9.89. The number of rotatable bonds is 2. The number of hydrogen-bond acceptors (Lipinski definition) is 3. The van der Waals surface area contributed by atoms with Gasteiger partial charge in [0.05, 0.1) is 5.52 Å². The van der Waals surface area contributed by atoms with Crippen LogP contribution in [-0.4, -0.2) is 22.7 Å². The number of benzene rings is 1. The van der Waals surface area contributed by atoms with E-state index < -0.39 is 0 Å². The summed E-state index contributed by atoms with van der Waals surface area (Å²) in [5.74, 6) is 5.97. The van der Waals surface area contributed by atoms with Gasteiger partial charge in [0, 0.05) is 17.0 Å². The van der Waals surface area contributed by atoms with Gasteiger partial charge in [-0.15, -0.1) is 0 Å². The van der Waals surface area contributed by atoms with E-state index in [4.69, 9.17) is 5.84 Å². The molecule has 20 heavy (non-hydrogen) atoms. The SMILES string of the molecule is CC(c1cc2ccccc2n(N)c1=O)N1CCCCC1. The Morgan fingerprint density at radius 2 is 1.85 bits per heavy atom. The lowest BCUT2D eigenvalue weighted by Crippen LogP contribution is -2.38. The van der Waals surface area contributed by atoms with Crippen LogP contribution in [-0.2, 0) is 0 Å². The molecule has 1 unspecified atom stereocenters. The molecule has 0 bridgehead atoms. The zero-order valence-electron chi connectivity index (χ0n) is 11.9. The Hall–Kier alpha value is -1.81. The average molecular weight is 271 g/mol. The largest absolute Gasteiger partial charge is 0.336 e. The van der Waals surface area contributed by atoms with Crippen molar-refractivity contribution in [2.24, 2.45) is 0 Å². The van der Waals surface area contributed by atoms with Gasteiger partial charge in [-0.25, -0.2) is 4.68 Å². The van der Waals surface area contributed by atoms with Crippen molar-refractivity contribution < 1.29 is 0 Å². The summed E-state index contributed by atoms with van der Waals surface area (Å²) in [6.45, 7) is 4.24. The molecular formula is C16H21N3O. The van der Waals surface area contributed by atoms with Crippen LogP contribution in [0.2, 0.25) is 0 Å². The first-order chi connectivity index (χ1) is 9.68. The molecule has 3 rings (SSSR count). The molecule has 4 nitrogen and oxygen atoms in total. The molecule has 1 aromatic carbocycles. The molecule has 106 valence electrons. The normalized spacial score (nSPS) is 18.2. The molecule has 0 saturated carbocycles. The number of piperidine rings is 1. The Morgan fingerprint density at radius 1 is 1.15 bits per heavy atom. The van der Waals surface area contributed by atoms with E-state index in [1.165, 1.54) is 23.9 Å². The topological polar surface area (TPSA) is 51.3 Å². The Morgan fingerprint density at radius 3 is 2.60 bits per heavy atom. The van der Waals surface area contributed by atoms with Crippen LogP contribution in [0.25, 0.3) is 10.9 Å². The van der Waals surface area contributed by atoms with E-state index in [-0.39, 0.29) is 11.6 Å². The summed E-state index contributed by atoms with van der Waals surface area (Å²) >= 11 is 0. The van der Waals surface area contributed by atoms with Crippen molar-refractivity contribution in [2.75, 3.05) is 18.9 Å². The Bertz CT molecular complexity index is 671. The van der Waals surface area contributed by atoms with E-state index in [9.17, 15) is 4.79 Å². The number of para-hydroxylation sites is 1. The minimum atomic E-state index is -0.0817. The van der Waals surface area contributed by atoms with Gasteiger partial charge in [-0.1, -0.05) is 24.6 Å². The highest BCUT2D eigenvalue weighted by atomic mass is 16.1. The van der Waals surface area contributed by atoms with E-state index in [2.05, 4.69) is 11.8 Å². The number of fused-ring (bicyclic) bond motifs is 1. The summed E-state index contributed by atoms with van der Waals surface area (Å²) in [6.07, 6.45) is 3.73. The van der Waals surface area contributed by atoms with Gasteiger partial charge < -0.3 is 5.84 Å². The van der Waals surface area contributed by atoms with Crippen LogP contribution in [0, 0.1) is 0 Å². The predicted octanol–water partition coefficient (Wildman–Crippen LogP) is 2.26. The molecule has 4 heteroatoms. The summed E-state index contributed by atoms with van der Waals surface area (Å²) in [7, 11) is 0. The van der Waals surface area contributed by atoms with Gasteiger partial charge in [-0.05, 0) is 45.0 Å². The third-order valence-corrected chi connectivity index (χ3v) is 4.36. The second-order valence-electron chi connectivity index (χ2n) is 5.61. The third-order valence-electron chi connectivity index (χ3n) is 4.36. The highest BCUT2D eigenvalue weighted by Crippen LogP contribution is 2.24. The van der Waals surface area contributed by atoms with Crippen LogP contribution in [0.4, 0.5) is 0 Å². The Balaban J connectivity index is 2.06. The zero-order chi connectivity index (χ0) is 14.1. The average Bonchev–Trinajstić information content (AvgIpc) is 2.51. The first-order valence-electron chi connectivity index (χ1n) is 7.32. The molecule has 1 saturated heterocycles. The molecule has 0 amide bonds. The summed E-state index contributed by atoms with van der Waals surface area (Å²) in [4.78, 5) is 14.9. The van der Waals surface area contributed by atoms with Crippen LogP contribution >= 0.6 is 0 Å². The van der Waals surface area contributed by atoms with E-state index >= 15 is 0 Å². The molecule has 1 aliphatic heterocycles. The zero-order valence-corrected chi connectivity index (χ0v) is 11.9. The molecule has 0 radical (unpaired) electrons. The van der Waals surface area contributed by atoms with Crippen molar-refractivity contribution in [2.45, 2.75) is 32.2 Å². The number of hydrogen-bond donors (Lipinski definition) is 1. The molecule has 2 N–H and O–H groups in total. The van der Waals surface area contributed by atoms with Gasteiger partial charge >= 0.3 is 0 Å². The fraction of sp³-hybridized carbons (Fsp3) is 0.438. The monoisotopic (exact) mass is 271 g/mol. The molecule has 1 fully saturated rings. The first-order valence-corrected chi connectivity index (χ1v) is 7.32. The maximum atomic E-state index is 12.5. The molecule has 0 spiro atoms. The summed E-state index contributed by atoms with van der Waals surface area (Å²) < 4.78 is 1.28. The number of nitrogen functional groups attached to an aromatic ring is 1. The van der Waals surface area contributed by atoms with Crippen LogP contribution < -0.4 is 11.4 Å². The minimum Gasteiger partial charge on any atom is -0.336 e. The van der Waals surface area contributed by atoms with E-state index in [1.54, 1.807) is 0 Å². The van der Waals surface area contributed by atoms with Gasteiger partial charge in [0.25, 0.3) is 5.56 Å². The van der Waals surface area contributed by atoms with Gasteiger partial charge in [0.15, 0.2) is 0 Å². The van der Waals surface area contributed by atoms with Crippen LogP contribution in [0.15, 0.2) is 35.1 Å². The second-order valence-corrected chi connectivity index (χ2v) is 5.61. The van der Waals surface area contributed by atoms with Crippen molar-refractivity contribution >= 4 is 10.9 Å². The lowest BCUT2D eigenvalue weighted by atomic mass is 10.0. The van der Waals surface area contributed by atoms with E-state index in [0.717, 1.165) is 29.6 Å². The lowest BCUT2D eigenvalue weighted by Gasteiger charge is -2.32. The smallest absolute Gasteiger partial charge is 0.273 e. The lowest BCUT2D eigenvalue weighted by molar-refractivity contribution is 0.174. The van der Waals surface area contributed by atoms with Crippen molar-refractivity contribution in [3.63, 3.8) is 0 Å². The molecule has 2 aromatic rings. The standard InChI is InChI=1S/C16H21N3O/c1-12(18-9-5-2-6-10-18)14-11-13-7-3-4-8-15(13)19(17)16(14)20/h3-4,7-8,11-12H,2,5-6,9-10,17H2,1H3. The Labute approximate surface area is 118 Å². The van der Waals surface area contributed by atoms with Crippen LogP contribution in [0.1, 0.15) is 37.8 Å². The summed E-state index contributed by atoms with van der Waals surface area (Å²) in [5, 5.41) is 1.02. The van der Waals surface area contributed by atoms with Crippen molar-refractivity contribution in [3.8, 4) is 0 Å². The van der Waals surface area contributed by atoms with E-state index in [1.807, 2.05) is 30.3 Å². The number of pyridine rings is 1. The van der Waals surface area contributed by atoms with Gasteiger partial charge in [0.2, 0.25) is 0 Å². The highest BCUT2D eigenvalue weighted by Gasteiger charge is 2.21. The number of nitrogens with two attached hydrogens (primary N) is 1. The molecular weight excluding hydrogens is 250 g/mol. The van der Waals surface area contributed by atoms with Gasteiger partial charge in [-0.3, -0.25) is 9.69 Å². The van der Waals surface area contributed by atoms with Gasteiger partial charge in [-0.2, -0.15) is 0 Å². The highest BCUT2D eigenvalue weighted by molar-refractivity contribution is 5.79. The molecule has 1 aliphatic rings. The Kier molecular flexibility index (Phi) is 3.49. The quantitative estimate of drug-likeness (QED) is 0.852. The van der Waals surface area contributed by atoms with Crippen molar-refractivity contribution in [3.05, 3.63) is 46.2 Å². The minimum absolute atomic E-state index is 0.0817. The fourth-order valence-electron chi connectivity index (χ4n) is 3.11. The van der Waals surface area contributed by atoms with Crippen molar-refractivity contribution in [1.29, 1.82) is 0 Å². The first kappa shape index (κ1) is 13.2. The predicted molar refractivity (Wildman–Crippen MR) is 82.2 cm³/mol. The van der Waals surface area contributed by atoms with Crippen LogP contribution in [0.5, 0.6) is 0 Å². The number of likely N-dealkylation sites (tertiary alicyclic amines) is 1. The molecule has 2 heterocycles. The van der Waals surface area contributed by atoms with E-state index in [0.29, 0.717) is 0 Å². The number of nitrogens with zero attached hydrogens (tertiary/aromatic N) is 2.